The molecule has 1 spiro atoms. The minimum atomic E-state index is -1.13. The predicted octanol–water partition coefficient (Wildman–Crippen LogP) is 0.336. The van der Waals surface area contributed by atoms with E-state index < -0.39 is 42.0 Å². The summed E-state index contributed by atoms with van der Waals surface area (Å²) >= 11 is 0. The maximum Gasteiger partial charge on any atom is 0.303 e. The Kier molecular flexibility index (Phi) is 3.74. The molecule has 0 radical (unpaired) electrons. The van der Waals surface area contributed by atoms with Crippen molar-refractivity contribution in [1.29, 1.82) is 0 Å². The van der Waals surface area contributed by atoms with Gasteiger partial charge in [-0.25, -0.2) is 0 Å². The number of fused-ring (bicyclic) bond motifs is 1. The summed E-state index contributed by atoms with van der Waals surface area (Å²) in [4.78, 5) is 11.4. The molecular weight excluding hydrogens is 280 g/mol. The Morgan fingerprint density at radius 3 is 2.67 bits per heavy atom. The zero-order valence-electron chi connectivity index (χ0n) is 12.5. The van der Waals surface area contributed by atoms with Crippen LogP contribution in [0.15, 0.2) is 0 Å². The monoisotopic (exact) mass is 302 g/mol. The fourth-order valence-corrected chi connectivity index (χ4v) is 3.24. The van der Waals surface area contributed by atoms with Crippen LogP contribution in [0.1, 0.15) is 33.6 Å². The first kappa shape index (κ1) is 15.2. The van der Waals surface area contributed by atoms with Crippen LogP contribution in [0.4, 0.5) is 0 Å². The average Bonchev–Trinajstić information content (AvgIpc) is 2.85. The number of hydrogen-bond donors (Lipinski definition) is 1. The van der Waals surface area contributed by atoms with Crippen LogP contribution < -0.4 is 0 Å². The zero-order valence-corrected chi connectivity index (χ0v) is 12.5. The molecule has 1 N–H and O–H groups in total. The molecule has 3 saturated heterocycles. The fourth-order valence-electron chi connectivity index (χ4n) is 3.24. The first-order chi connectivity index (χ1) is 9.83. The Bertz CT molecular complexity index is 416. The molecule has 3 rings (SSSR count). The van der Waals surface area contributed by atoms with Crippen molar-refractivity contribution in [3.05, 3.63) is 0 Å². The van der Waals surface area contributed by atoms with E-state index in [1.54, 1.807) is 13.8 Å². The fraction of sp³-hybridized carbons (Fsp3) is 0.929. The van der Waals surface area contributed by atoms with Gasteiger partial charge in [0.2, 0.25) is 0 Å². The molecule has 0 aliphatic carbocycles. The van der Waals surface area contributed by atoms with Gasteiger partial charge in [0.05, 0.1) is 13.2 Å². The highest BCUT2D eigenvalue weighted by atomic mass is 16.8. The topological polar surface area (TPSA) is 83.5 Å². The number of hydrogen-bond acceptors (Lipinski definition) is 7. The highest BCUT2D eigenvalue weighted by molar-refractivity contribution is 5.66. The maximum atomic E-state index is 11.4. The van der Waals surface area contributed by atoms with E-state index in [2.05, 4.69) is 0 Å². The molecule has 7 nitrogen and oxygen atoms in total. The number of carbonyl (C=O) groups is 1. The SMILES string of the molecule is CC(=O)O[C@H]1[C@@H]2OC(C)(C)OC[C@H]2OC2(CCCO2)[C@@H]1O. The number of aliphatic hydroxyl groups excluding tert-OH is 1. The van der Waals surface area contributed by atoms with Crippen molar-refractivity contribution < 1.29 is 33.6 Å². The first-order valence-corrected chi connectivity index (χ1v) is 7.32. The Morgan fingerprint density at radius 2 is 2.05 bits per heavy atom. The second-order valence-corrected chi connectivity index (χ2v) is 6.23. The number of rotatable bonds is 1. The van der Waals surface area contributed by atoms with E-state index in [4.69, 9.17) is 23.7 Å². The lowest BCUT2D eigenvalue weighted by atomic mass is 9.89. The lowest BCUT2D eigenvalue weighted by Crippen LogP contribution is -2.69. The van der Waals surface area contributed by atoms with Crippen molar-refractivity contribution in [2.75, 3.05) is 13.2 Å². The molecule has 5 atom stereocenters. The molecule has 21 heavy (non-hydrogen) atoms. The first-order valence-electron chi connectivity index (χ1n) is 7.32. The van der Waals surface area contributed by atoms with Crippen LogP contribution in [0, 0.1) is 0 Å². The molecule has 0 amide bonds. The van der Waals surface area contributed by atoms with Crippen LogP contribution in [0.3, 0.4) is 0 Å². The van der Waals surface area contributed by atoms with Gasteiger partial charge in [-0.05, 0) is 20.3 Å². The van der Waals surface area contributed by atoms with Crippen molar-refractivity contribution >= 4 is 5.97 Å². The molecule has 3 fully saturated rings. The normalized spacial score (nSPS) is 45.3. The third-order valence-electron chi connectivity index (χ3n) is 4.14. The van der Waals surface area contributed by atoms with E-state index in [9.17, 15) is 9.90 Å². The molecule has 0 aromatic heterocycles. The maximum absolute atomic E-state index is 11.4. The predicted molar refractivity (Wildman–Crippen MR) is 69.3 cm³/mol. The van der Waals surface area contributed by atoms with Crippen LogP contribution >= 0.6 is 0 Å². The minimum absolute atomic E-state index is 0.299. The van der Waals surface area contributed by atoms with Gasteiger partial charge in [0.15, 0.2) is 17.7 Å². The van der Waals surface area contributed by atoms with Gasteiger partial charge in [0.25, 0.3) is 0 Å². The van der Waals surface area contributed by atoms with Gasteiger partial charge in [-0.2, -0.15) is 0 Å². The van der Waals surface area contributed by atoms with Crippen molar-refractivity contribution in [1.82, 2.24) is 0 Å². The summed E-state index contributed by atoms with van der Waals surface area (Å²) in [5.74, 6) is -2.42. The average molecular weight is 302 g/mol. The molecule has 3 heterocycles. The van der Waals surface area contributed by atoms with Crippen LogP contribution in [0.25, 0.3) is 0 Å². The highest BCUT2D eigenvalue weighted by Crippen LogP contribution is 2.43. The molecule has 0 bridgehead atoms. The van der Waals surface area contributed by atoms with Gasteiger partial charge in [-0.3, -0.25) is 4.79 Å². The van der Waals surface area contributed by atoms with Crippen LogP contribution in [-0.2, 0) is 28.5 Å². The standard InChI is InChI=1S/C14H22O7/c1-8(15)19-11-10-9(7-18-13(2,3)21-10)20-14(12(11)16)5-4-6-17-14/h9-12,16H,4-7H2,1-3H3/t9-,10-,11+,12-,14?/m1/s1. The number of aliphatic hydroxyl groups is 1. The summed E-state index contributed by atoms with van der Waals surface area (Å²) < 4.78 is 28.3. The third-order valence-corrected chi connectivity index (χ3v) is 4.14. The second kappa shape index (κ2) is 5.17. The summed E-state index contributed by atoms with van der Waals surface area (Å²) in [7, 11) is 0. The second-order valence-electron chi connectivity index (χ2n) is 6.23. The molecule has 0 aromatic rings. The van der Waals surface area contributed by atoms with Crippen molar-refractivity contribution in [2.45, 2.75) is 69.6 Å². The molecule has 3 aliphatic rings. The molecular formula is C14H22O7. The molecule has 0 saturated carbocycles. The number of ether oxygens (including phenoxy) is 5. The van der Waals surface area contributed by atoms with E-state index in [1.165, 1.54) is 6.92 Å². The van der Waals surface area contributed by atoms with Crippen molar-refractivity contribution in [3.8, 4) is 0 Å². The Labute approximate surface area is 123 Å². The largest absolute Gasteiger partial charge is 0.457 e. The van der Waals surface area contributed by atoms with E-state index in [1.807, 2.05) is 0 Å². The van der Waals surface area contributed by atoms with Crippen LogP contribution in [0.2, 0.25) is 0 Å². The van der Waals surface area contributed by atoms with E-state index >= 15 is 0 Å². The van der Waals surface area contributed by atoms with E-state index in [-0.39, 0.29) is 0 Å². The van der Waals surface area contributed by atoms with Crippen molar-refractivity contribution in [3.63, 3.8) is 0 Å². The quantitative estimate of drug-likeness (QED) is 0.699. The van der Waals surface area contributed by atoms with Gasteiger partial charge in [0.1, 0.15) is 18.3 Å². The summed E-state index contributed by atoms with van der Waals surface area (Å²) in [6.07, 6.45) is -1.60. The molecule has 1 unspecified atom stereocenters. The van der Waals surface area contributed by atoms with E-state index in [0.717, 1.165) is 6.42 Å². The molecule has 0 aromatic carbocycles. The van der Waals surface area contributed by atoms with Gasteiger partial charge in [-0.1, -0.05) is 0 Å². The number of esters is 1. The Balaban J connectivity index is 1.88. The Hall–Kier alpha value is -0.730. The van der Waals surface area contributed by atoms with Gasteiger partial charge in [0, 0.05) is 13.3 Å². The smallest absolute Gasteiger partial charge is 0.303 e. The van der Waals surface area contributed by atoms with Crippen LogP contribution in [-0.4, -0.2) is 60.3 Å². The van der Waals surface area contributed by atoms with Gasteiger partial charge >= 0.3 is 5.97 Å². The summed E-state index contributed by atoms with van der Waals surface area (Å²) in [5.41, 5.74) is 0. The summed E-state index contributed by atoms with van der Waals surface area (Å²) in [5, 5.41) is 10.6. The third kappa shape index (κ3) is 2.68. The summed E-state index contributed by atoms with van der Waals surface area (Å²) in [6, 6.07) is 0. The highest BCUT2D eigenvalue weighted by Gasteiger charge is 2.60. The van der Waals surface area contributed by atoms with Gasteiger partial charge < -0.3 is 28.8 Å². The number of carbonyl (C=O) groups excluding carboxylic acids is 1. The van der Waals surface area contributed by atoms with Crippen LogP contribution in [0.5, 0.6) is 0 Å². The zero-order chi connectivity index (χ0) is 15.3. The molecule has 120 valence electrons. The molecule has 7 heteroatoms. The van der Waals surface area contributed by atoms with Gasteiger partial charge in [-0.15, -0.1) is 0 Å². The minimum Gasteiger partial charge on any atom is -0.457 e. The molecule has 3 aliphatic heterocycles. The lowest BCUT2D eigenvalue weighted by Gasteiger charge is -2.52. The Morgan fingerprint density at radius 1 is 1.29 bits per heavy atom. The summed E-state index contributed by atoms with van der Waals surface area (Å²) in [6.45, 7) is 5.67. The van der Waals surface area contributed by atoms with E-state index in [0.29, 0.717) is 19.6 Å². The lowest BCUT2D eigenvalue weighted by molar-refractivity contribution is -0.408. The van der Waals surface area contributed by atoms with Crippen molar-refractivity contribution in [2.24, 2.45) is 0 Å².